The zero-order valence-corrected chi connectivity index (χ0v) is 18.7. The summed E-state index contributed by atoms with van der Waals surface area (Å²) in [5.74, 6) is -1.19. The Morgan fingerprint density at radius 2 is 1.58 bits per heavy atom. The summed E-state index contributed by atoms with van der Waals surface area (Å²) in [5.41, 5.74) is 4.69. The number of methoxy groups -OCH3 is 1. The fourth-order valence-electron chi connectivity index (χ4n) is 4.02. The van der Waals surface area contributed by atoms with Crippen molar-refractivity contribution in [2.45, 2.75) is 37.7 Å². The van der Waals surface area contributed by atoms with Gasteiger partial charge in [-0.2, -0.15) is 0 Å². The lowest BCUT2D eigenvalue weighted by Crippen LogP contribution is -2.31. The van der Waals surface area contributed by atoms with Crippen molar-refractivity contribution >= 4 is 18.0 Å². The highest BCUT2D eigenvalue weighted by atomic mass is 16.5. The minimum absolute atomic E-state index is 0.0191. The van der Waals surface area contributed by atoms with E-state index in [2.05, 4.69) is 34.9 Å². The number of nitrogens with one attached hydrogen (secondary N) is 2. The van der Waals surface area contributed by atoms with Crippen molar-refractivity contribution in [2.24, 2.45) is 0 Å². The molecule has 1 unspecified atom stereocenters. The standard InChI is InChI=1S/C25H30N2O6/c1-32-22(24(29)30)13-15-26-23(28)12-6-7-14-27-25(31)33-16-21-19-10-4-2-8-17(19)18-9-3-5-11-20(18)21/h2-5,8-11,21-22H,6-7,12-16H2,1H3,(H,26,28)(H,27,31)(H,29,30). The average molecular weight is 455 g/mol. The van der Waals surface area contributed by atoms with Crippen LogP contribution in [0.25, 0.3) is 11.1 Å². The van der Waals surface area contributed by atoms with E-state index in [4.69, 9.17) is 14.6 Å². The number of ether oxygens (including phenoxy) is 2. The summed E-state index contributed by atoms with van der Waals surface area (Å²) in [5, 5.41) is 14.3. The number of aliphatic carboxylic acids is 1. The van der Waals surface area contributed by atoms with Gasteiger partial charge in [-0.15, -0.1) is 0 Å². The Kier molecular flexibility index (Phi) is 8.83. The highest BCUT2D eigenvalue weighted by Gasteiger charge is 2.28. The van der Waals surface area contributed by atoms with Gasteiger partial charge in [0, 0.05) is 39.0 Å². The van der Waals surface area contributed by atoms with Gasteiger partial charge in [0.15, 0.2) is 6.10 Å². The van der Waals surface area contributed by atoms with Crippen LogP contribution < -0.4 is 10.6 Å². The van der Waals surface area contributed by atoms with Gasteiger partial charge in [0.05, 0.1) is 0 Å². The van der Waals surface area contributed by atoms with Crippen LogP contribution in [-0.2, 0) is 19.1 Å². The first-order valence-electron chi connectivity index (χ1n) is 11.1. The summed E-state index contributed by atoms with van der Waals surface area (Å²) in [6.07, 6.45) is 0.348. The Morgan fingerprint density at radius 1 is 0.939 bits per heavy atom. The zero-order valence-electron chi connectivity index (χ0n) is 18.7. The normalized spacial score (nSPS) is 13.0. The molecule has 2 amide bonds. The number of alkyl carbamates (subject to hydrolysis) is 1. The molecule has 1 aliphatic carbocycles. The van der Waals surface area contributed by atoms with E-state index in [1.54, 1.807) is 0 Å². The van der Waals surface area contributed by atoms with Gasteiger partial charge < -0.3 is 25.2 Å². The molecular weight excluding hydrogens is 424 g/mol. The zero-order chi connectivity index (χ0) is 23.6. The summed E-state index contributed by atoms with van der Waals surface area (Å²) in [6.45, 7) is 0.914. The number of carboxylic acid groups (broad SMARTS) is 1. The predicted octanol–water partition coefficient (Wildman–Crippen LogP) is 3.30. The number of hydrogen-bond acceptors (Lipinski definition) is 5. The van der Waals surface area contributed by atoms with Crippen LogP contribution in [0, 0.1) is 0 Å². The van der Waals surface area contributed by atoms with Gasteiger partial charge in [-0.05, 0) is 35.1 Å². The molecule has 0 saturated carbocycles. The largest absolute Gasteiger partial charge is 0.479 e. The summed E-state index contributed by atoms with van der Waals surface area (Å²) in [4.78, 5) is 34.8. The van der Waals surface area contributed by atoms with Gasteiger partial charge in [0.2, 0.25) is 5.91 Å². The third kappa shape index (κ3) is 6.55. The number of unbranched alkanes of at least 4 members (excludes halogenated alkanes) is 1. The van der Waals surface area contributed by atoms with Crippen LogP contribution in [0.2, 0.25) is 0 Å². The second-order valence-electron chi connectivity index (χ2n) is 7.91. The molecule has 1 aliphatic rings. The topological polar surface area (TPSA) is 114 Å². The molecule has 3 rings (SSSR count). The van der Waals surface area contributed by atoms with Gasteiger partial charge in [0.25, 0.3) is 0 Å². The number of benzene rings is 2. The molecule has 2 aromatic rings. The fourth-order valence-corrected chi connectivity index (χ4v) is 4.02. The lowest BCUT2D eigenvalue weighted by Gasteiger charge is -2.14. The molecule has 8 nitrogen and oxygen atoms in total. The van der Waals surface area contributed by atoms with Crippen molar-refractivity contribution < 1.29 is 29.0 Å². The third-order valence-corrected chi connectivity index (χ3v) is 5.73. The molecule has 33 heavy (non-hydrogen) atoms. The molecule has 0 bridgehead atoms. The van der Waals surface area contributed by atoms with Crippen LogP contribution in [0.3, 0.4) is 0 Å². The molecular formula is C25H30N2O6. The molecule has 3 N–H and O–H groups in total. The quantitative estimate of drug-likeness (QED) is 0.424. The number of carboxylic acids is 1. The highest BCUT2D eigenvalue weighted by Crippen LogP contribution is 2.44. The van der Waals surface area contributed by atoms with E-state index in [9.17, 15) is 14.4 Å². The van der Waals surface area contributed by atoms with Crippen molar-refractivity contribution in [3.63, 3.8) is 0 Å². The van der Waals surface area contributed by atoms with E-state index in [0.29, 0.717) is 25.8 Å². The molecule has 0 radical (unpaired) electrons. The molecule has 1 atom stereocenters. The Bertz CT molecular complexity index is 931. The van der Waals surface area contributed by atoms with Gasteiger partial charge >= 0.3 is 12.1 Å². The lowest BCUT2D eigenvalue weighted by atomic mass is 9.98. The van der Waals surface area contributed by atoms with E-state index in [0.717, 1.165) is 11.1 Å². The maximum absolute atomic E-state index is 12.1. The maximum atomic E-state index is 12.1. The summed E-state index contributed by atoms with van der Waals surface area (Å²) >= 11 is 0. The first kappa shape index (κ1) is 24.3. The second kappa shape index (κ2) is 12.0. The maximum Gasteiger partial charge on any atom is 0.407 e. The minimum atomic E-state index is -1.05. The van der Waals surface area contributed by atoms with Gasteiger partial charge in [-0.1, -0.05) is 48.5 Å². The molecule has 0 spiro atoms. The Balaban J connectivity index is 1.32. The summed E-state index contributed by atoms with van der Waals surface area (Å²) < 4.78 is 10.3. The first-order chi connectivity index (χ1) is 16.0. The van der Waals surface area contributed by atoms with Crippen molar-refractivity contribution in [3.05, 3.63) is 59.7 Å². The monoisotopic (exact) mass is 454 g/mol. The van der Waals surface area contributed by atoms with Crippen LogP contribution >= 0.6 is 0 Å². The predicted molar refractivity (Wildman–Crippen MR) is 123 cm³/mol. The summed E-state index contributed by atoms with van der Waals surface area (Å²) in [6, 6.07) is 16.3. The highest BCUT2D eigenvalue weighted by molar-refractivity contribution is 5.79. The Morgan fingerprint density at radius 3 is 2.18 bits per heavy atom. The molecule has 2 aromatic carbocycles. The SMILES string of the molecule is COC(CCNC(=O)CCCCNC(=O)OCC1c2ccccc2-c2ccccc21)C(=O)O. The third-order valence-electron chi connectivity index (χ3n) is 5.73. The molecule has 0 aliphatic heterocycles. The molecule has 0 heterocycles. The minimum Gasteiger partial charge on any atom is -0.479 e. The number of fused-ring (bicyclic) bond motifs is 3. The van der Waals surface area contributed by atoms with Crippen LogP contribution in [0.15, 0.2) is 48.5 Å². The average Bonchev–Trinajstić information content (AvgIpc) is 3.14. The molecule has 0 aromatic heterocycles. The Labute approximate surface area is 193 Å². The Hall–Kier alpha value is -3.39. The van der Waals surface area contributed by atoms with E-state index >= 15 is 0 Å². The molecule has 0 fully saturated rings. The number of rotatable bonds is 12. The molecule has 8 heteroatoms. The van der Waals surface area contributed by atoms with E-state index < -0.39 is 18.2 Å². The van der Waals surface area contributed by atoms with Crippen LogP contribution in [-0.4, -0.2) is 56.0 Å². The smallest absolute Gasteiger partial charge is 0.407 e. The first-order valence-corrected chi connectivity index (χ1v) is 11.1. The lowest BCUT2D eigenvalue weighted by molar-refractivity contribution is -0.149. The summed E-state index contributed by atoms with van der Waals surface area (Å²) in [7, 11) is 1.32. The van der Waals surface area contributed by atoms with E-state index in [1.165, 1.54) is 18.2 Å². The van der Waals surface area contributed by atoms with Gasteiger partial charge in [-0.3, -0.25) is 4.79 Å². The molecule has 176 valence electrons. The van der Waals surface area contributed by atoms with Crippen molar-refractivity contribution in [1.82, 2.24) is 10.6 Å². The van der Waals surface area contributed by atoms with Gasteiger partial charge in [0.1, 0.15) is 6.61 Å². The van der Waals surface area contributed by atoms with Crippen molar-refractivity contribution in [3.8, 4) is 11.1 Å². The van der Waals surface area contributed by atoms with Crippen LogP contribution in [0.5, 0.6) is 0 Å². The fraction of sp³-hybridized carbons (Fsp3) is 0.400. The van der Waals surface area contributed by atoms with Crippen LogP contribution in [0.4, 0.5) is 4.79 Å². The van der Waals surface area contributed by atoms with E-state index in [1.807, 2.05) is 24.3 Å². The van der Waals surface area contributed by atoms with Crippen molar-refractivity contribution in [1.29, 1.82) is 0 Å². The number of carbonyl (C=O) groups excluding carboxylic acids is 2. The number of hydrogen-bond donors (Lipinski definition) is 3. The number of amides is 2. The second-order valence-corrected chi connectivity index (χ2v) is 7.91. The van der Waals surface area contributed by atoms with Crippen molar-refractivity contribution in [2.75, 3.05) is 26.8 Å². The molecule has 0 saturated heterocycles. The van der Waals surface area contributed by atoms with Gasteiger partial charge in [-0.25, -0.2) is 9.59 Å². The number of carbonyl (C=O) groups is 3. The van der Waals surface area contributed by atoms with E-state index in [-0.39, 0.29) is 31.4 Å². The van der Waals surface area contributed by atoms with Crippen LogP contribution in [0.1, 0.15) is 42.7 Å².